The summed E-state index contributed by atoms with van der Waals surface area (Å²) in [7, 11) is -115. The van der Waals surface area contributed by atoms with Gasteiger partial charge in [0, 0.05) is 14.2 Å². The number of terminal acetylenes is 2. The summed E-state index contributed by atoms with van der Waals surface area (Å²) in [5, 5.41) is 0. The Balaban J connectivity index is -0.000000305. The van der Waals surface area contributed by atoms with E-state index in [-0.39, 0.29) is 5.75 Å². The van der Waals surface area contributed by atoms with Crippen molar-refractivity contribution in [3.63, 3.8) is 0 Å². The number of hydrogen-bond donors (Lipinski definition) is 7. The van der Waals surface area contributed by atoms with Crippen LogP contribution in [0.1, 0.15) is 6.92 Å². The van der Waals surface area contributed by atoms with Gasteiger partial charge in [0.05, 0.1) is 25.7 Å². The Kier molecular flexibility index (Phi) is 50.0. The zero-order chi connectivity index (χ0) is 94.4. The fraction of sp³-hybridized carbons (Fsp3) is 0.478. The SMILES string of the molecule is C#CCOP(F)(=NS(=O)(=O)F)NS(=O)(=O)F.C#CCOS(=O)(=O)NP(F)(F)=NS(=O)(=O)F.C=CCOP(F)(=NS(=O)(=O)F)NS(=O)(=O)F.CCOP(F)(=NS(C)(=O)=O)NS(=O)(=O)C(F)(F)F.COP(F)(=NS(=O)(=O)F)NS(=O)(=O)F.COP(F)(=NS(C)(=O)=O)NS(=O)(=O)C(F)(F)F.O=S(=O)(F)N=P(F)(NS(=O)(=O)F)Oc1ccccc1. The lowest BCUT2D eigenvalue weighted by Gasteiger charge is -2.16. The normalized spacial score (nSPS) is 16.2. The molecule has 49 nitrogen and oxygen atoms in total. The van der Waals surface area contributed by atoms with Crippen LogP contribution in [-0.2, 0) is 171 Å². The fourth-order valence-corrected chi connectivity index (χ4v) is 27.7. The standard InChI is InChI=1S/C6H6F3N2O5PS2.C4H9F4N2O5PS2.C3H7F4N2O5PS2.C3H6F3N2O5PS2.2C3H4F3N2O5PS2.CH4F3N2O5PS2/c7-17(10-18(8,12)13,11-19(9,14)15)16-6-4-2-1-3-5-6;1-3-15-16(8,9-17(2,11)12)10-18(13,14)4(5,6)7;1-14-15(7,8-16(2,10)11)9-17(12,13)3(4,5)6;2*1-2-3-13-14(4,7-15(5,9)10)8-16(6,11)12;1-2-3-13-16(11,12)8-14(4,5)7-15(6,9)10;1-11-12(2,5-13(3,7)8)6-14(4,9)10/h1-5,10H;10H,3H2,1-2H3;9H,1-2H3;2,7H,1,3H2;1,7H,3H2;1,8H,3H2;5H,1H3. The molecule has 0 aliphatic heterocycles. The molecule has 0 heterocycles. The van der Waals surface area contributed by atoms with E-state index in [1.807, 2.05) is 8.30 Å². The van der Waals surface area contributed by atoms with Crippen LogP contribution >= 0.6 is 54.3 Å². The van der Waals surface area contributed by atoms with E-state index in [1.165, 1.54) is 22.3 Å². The first-order valence-corrected chi connectivity index (χ1v) is 54.7. The largest absolute Gasteiger partial charge is 0.511 e. The topological polar surface area (TPSA) is 713 Å². The molecule has 6 unspecified atom stereocenters. The van der Waals surface area contributed by atoms with Crippen molar-refractivity contribution < 1.29 is 244 Å². The minimum Gasteiger partial charge on any atom is -0.423 e. The fourth-order valence-electron chi connectivity index (χ4n) is 3.73. The van der Waals surface area contributed by atoms with Gasteiger partial charge in [0.1, 0.15) is 19.0 Å². The first-order valence-electron chi connectivity index (χ1n) is 23.6. The van der Waals surface area contributed by atoms with Gasteiger partial charge in [0.15, 0.2) is 0 Å². The third kappa shape index (κ3) is 71.3. The zero-order valence-electron chi connectivity index (χ0n) is 54.1. The molecule has 6 atom stereocenters. The highest BCUT2D eigenvalue weighted by atomic mass is 32.3. The van der Waals surface area contributed by atoms with E-state index < -0.39 is 236 Å². The molecular formula is C23H40F23N14O35P7S14. The number of benzene rings is 1. The van der Waals surface area contributed by atoms with Gasteiger partial charge in [0.25, 0.3) is 20.0 Å². The molecule has 0 aromatic heterocycles. The maximum Gasteiger partial charge on any atom is 0.511 e. The smallest absolute Gasteiger partial charge is 0.423 e. The van der Waals surface area contributed by atoms with E-state index in [0.29, 0.717) is 58.2 Å². The molecule has 0 aliphatic carbocycles. The van der Waals surface area contributed by atoms with Crippen LogP contribution in [0.25, 0.3) is 0 Å². The van der Waals surface area contributed by atoms with E-state index in [9.17, 15) is 213 Å². The lowest BCUT2D eigenvalue weighted by molar-refractivity contribution is -0.0448. The van der Waals surface area contributed by atoms with Crippen molar-refractivity contribution in [3.05, 3.63) is 43.0 Å². The number of rotatable bonds is 34. The Morgan fingerprint density at radius 1 is 0.405 bits per heavy atom. The summed E-state index contributed by atoms with van der Waals surface area (Å²) in [6.45, 7) is 1.08. The van der Waals surface area contributed by atoms with E-state index in [0.717, 1.165) is 25.1 Å². The number of sulfonamides is 4. The molecule has 0 amide bonds. The Labute approximate surface area is 643 Å². The van der Waals surface area contributed by atoms with Crippen molar-refractivity contribution in [2.45, 2.75) is 17.9 Å². The predicted molar refractivity (Wildman–Crippen MR) is 353 cm³/mol. The van der Waals surface area contributed by atoms with Crippen LogP contribution in [0.15, 0.2) is 72.0 Å². The third-order valence-corrected chi connectivity index (χ3v) is 35.8. The van der Waals surface area contributed by atoms with Crippen molar-refractivity contribution >= 4 is 198 Å². The molecular weight excluding hydrogens is 2140 g/mol. The van der Waals surface area contributed by atoms with E-state index in [1.54, 1.807) is 20.1 Å². The molecule has 1 aromatic carbocycles. The van der Waals surface area contributed by atoms with Gasteiger partial charge in [-0.1, -0.05) is 96.3 Å². The molecule has 7 N–H and O–H groups in total. The highest BCUT2D eigenvalue weighted by Gasteiger charge is 2.51. The zero-order valence-corrected chi connectivity index (χ0v) is 71.8. The number of nitrogens with zero attached hydrogens (tertiary/aromatic N) is 7. The summed E-state index contributed by atoms with van der Waals surface area (Å²) < 4.78 is 615. The number of para-hydroxylation sites is 1. The summed E-state index contributed by atoms with van der Waals surface area (Å²) in [4.78, 5) is 0. The number of hydrogen-bond acceptors (Lipinski definition) is 35. The second kappa shape index (κ2) is 46.9. The van der Waals surface area contributed by atoms with Crippen molar-refractivity contribution in [1.29, 1.82) is 0 Å². The van der Waals surface area contributed by atoms with Crippen molar-refractivity contribution in [2.75, 3.05) is 53.2 Å². The molecule has 116 heavy (non-hydrogen) atoms. The summed E-state index contributed by atoms with van der Waals surface area (Å²) in [6.07, 6.45) is 10.8. The van der Waals surface area contributed by atoms with Crippen molar-refractivity contribution in [2.24, 2.45) is 29.1 Å². The van der Waals surface area contributed by atoms with E-state index in [2.05, 4.69) is 59.1 Å². The Bertz CT molecular complexity index is 5860. The maximum atomic E-state index is 13.8. The molecule has 93 heteroatoms. The monoisotopic (exact) mass is 2170 g/mol. The van der Waals surface area contributed by atoms with Gasteiger partial charge in [-0.25, -0.2) is 37.9 Å². The molecule has 0 saturated heterocycles. The first kappa shape index (κ1) is 123. The van der Waals surface area contributed by atoms with Crippen LogP contribution in [0.2, 0.25) is 0 Å². The highest BCUT2D eigenvalue weighted by Crippen LogP contribution is 2.55. The molecule has 0 saturated carbocycles. The van der Waals surface area contributed by atoms with Gasteiger partial charge >= 0.3 is 189 Å². The predicted octanol–water partition coefficient (Wildman–Crippen LogP) is 7.11. The van der Waals surface area contributed by atoms with Crippen LogP contribution in [0.4, 0.5) is 94.9 Å². The first-order chi connectivity index (χ1) is 50.3. The second-order valence-corrected chi connectivity index (χ2v) is 49.1. The molecule has 0 bridgehead atoms. The van der Waals surface area contributed by atoms with Crippen LogP contribution in [0, 0.1) is 24.7 Å². The molecule has 692 valence electrons. The average Bonchev–Trinajstić information content (AvgIpc) is 0.803. The van der Waals surface area contributed by atoms with Gasteiger partial charge in [-0.3, -0.25) is 4.52 Å². The average molecular weight is 2180 g/mol. The lowest BCUT2D eigenvalue weighted by Crippen LogP contribution is -2.34. The summed E-state index contributed by atoms with van der Waals surface area (Å²) in [5.41, 5.74) is -11.6. The third-order valence-electron chi connectivity index (χ3n) is 6.43. The molecule has 0 radical (unpaired) electrons. The molecule has 1 aromatic rings. The van der Waals surface area contributed by atoms with Gasteiger partial charge in [0.2, 0.25) is 0 Å². The highest BCUT2D eigenvalue weighted by molar-refractivity contribution is 8.00. The minimum atomic E-state index is -6.11. The van der Waals surface area contributed by atoms with Gasteiger partial charge in [-0.05, 0) is 19.1 Å². The van der Waals surface area contributed by atoms with Gasteiger partial charge in [-0.2, -0.15) is 140 Å². The second-order valence-electron chi connectivity index (χ2n) is 16.1. The van der Waals surface area contributed by atoms with E-state index >= 15 is 0 Å². The summed E-state index contributed by atoms with van der Waals surface area (Å²) >= 11 is 0. The number of halogens is 23. The van der Waals surface area contributed by atoms with E-state index in [4.69, 9.17) is 0 Å². The Morgan fingerprint density at radius 3 is 0.966 bits per heavy atom. The van der Waals surface area contributed by atoms with Crippen molar-refractivity contribution in [3.8, 4) is 30.4 Å². The summed E-state index contributed by atoms with van der Waals surface area (Å²) in [6, 6.07) is 6.33. The molecule has 0 aliphatic rings. The maximum absolute atomic E-state index is 13.8. The van der Waals surface area contributed by atoms with Crippen LogP contribution < -0.4 is 36.0 Å². The van der Waals surface area contributed by atoms with Crippen LogP contribution in [0.3, 0.4) is 0 Å². The molecule has 0 spiro atoms. The molecule has 0 fully saturated rings. The van der Waals surface area contributed by atoms with Gasteiger partial charge < -0.3 is 22.6 Å². The number of nitrogens with one attached hydrogen (secondary N) is 7. The van der Waals surface area contributed by atoms with Crippen molar-refractivity contribution in [1.82, 2.24) is 31.4 Å². The minimum absolute atomic E-state index is 0.363. The van der Waals surface area contributed by atoms with Crippen LogP contribution in [0.5, 0.6) is 5.75 Å². The lowest BCUT2D eigenvalue weighted by atomic mass is 10.3. The molecule has 1 rings (SSSR count). The van der Waals surface area contributed by atoms with Gasteiger partial charge in [-0.15, -0.1) is 58.9 Å². The quantitative estimate of drug-likeness (QED) is 0.0119. The Morgan fingerprint density at radius 2 is 0.681 bits per heavy atom. The number of alkyl halides is 6. The van der Waals surface area contributed by atoms with Crippen LogP contribution in [-0.4, -0.2) is 182 Å². The Hall–Kier alpha value is -3.34. The summed E-state index contributed by atoms with van der Waals surface area (Å²) in [5.74, 6) is 2.91.